The number of ether oxygens (including phenoxy) is 1. The lowest BCUT2D eigenvalue weighted by Gasteiger charge is -2.27. The van der Waals surface area contributed by atoms with Crippen molar-refractivity contribution in [3.8, 4) is 11.3 Å². The van der Waals surface area contributed by atoms with Crippen molar-refractivity contribution in [2.45, 2.75) is 25.6 Å². The van der Waals surface area contributed by atoms with Crippen molar-refractivity contribution in [2.24, 2.45) is 0 Å². The van der Waals surface area contributed by atoms with Crippen molar-refractivity contribution < 1.29 is 14.6 Å². The molecule has 1 aliphatic carbocycles. The van der Waals surface area contributed by atoms with E-state index >= 15 is 0 Å². The van der Waals surface area contributed by atoms with Gasteiger partial charge in [0.25, 0.3) is 0 Å². The summed E-state index contributed by atoms with van der Waals surface area (Å²) in [6, 6.07) is 21.0. The van der Waals surface area contributed by atoms with Crippen LogP contribution in [0.3, 0.4) is 0 Å². The second-order valence-corrected chi connectivity index (χ2v) is 8.78. The number of fused-ring (bicyclic) bond motifs is 3. The molecule has 1 atom stereocenters. The number of hydrogen-bond donors (Lipinski definition) is 3. The predicted molar refractivity (Wildman–Crippen MR) is 135 cm³/mol. The van der Waals surface area contributed by atoms with Crippen LogP contribution in [-0.4, -0.2) is 21.2 Å². The summed E-state index contributed by atoms with van der Waals surface area (Å²) in [7, 11) is 0. The fourth-order valence-electron chi connectivity index (χ4n) is 4.27. The Morgan fingerprint density at radius 2 is 1.89 bits per heavy atom. The number of nitrogens with one attached hydrogen (secondary N) is 1. The molecular weight excluding hydrogens is 464 g/mol. The van der Waals surface area contributed by atoms with Gasteiger partial charge in [-0.2, -0.15) is 0 Å². The van der Waals surface area contributed by atoms with Gasteiger partial charge in [-0.3, -0.25) is 5.32 Å². The summed E-state index contributed by atoms with van der Waals surface area (Å²) in [4.78, 5) is 21.3. The van der Waals surface area contributed by atoms with Crippen LogP contribution in [0.1, 0.15) is 33.7 Å². The van der Waals surface area contributed by atoms with E-state index in [-0.39, 0.29) is 25.1 Å². The highest BCUT2D eigenvalue weighted by atomic mass is 35.5. The fourth-order valence-corrected chi connectivity index (χ4v) is 4.46. The highest BCUT2D eigenvalue weighted by Gasteiger charge is 2.28. The zero-order chi connectivity index (χ0) is 24.4. The molecule has 0 fully saturated rings. The molecule has 1 unspecified atom stereocenters. The van der Waals surface area contributed by atoms with Crippen LogP contribution in [0.2, 0.25) is 5.02 Å². The number of rotatable bonds is 5. The van der Waals surface area contributed by atoms with Crippen LogP contribution in [0.4, 0.5) is 16.4 Å². The Balaban J connectivity index is 1.35. The maximum Gasteiger partial charge on any atom is 0.414 e. The fraction of sp³-hybridized carbons (Fsp3) is 0.148. The average Bonchev–Trinajstić information content (AvgIpc) is 2.89. The maximum atomic E-state index is 12.3. The van der Waals surface area contributed by atoms with Gasteiger partial charge in [-0.1, -0.05) is 66.2 Å². The highest BCUT2D eigenvalue weighted by molar-refractivity contribution is 6.33. The summed E-state index contributed by atoms with van der Waals surface area (Å²) in [6.45, 7) is 0.0615. The minimum absolute atomic E-state index is 0.0328. The largest absolute Gasteiger partial charge is 0.444 e. The number of aliphatic hydroxyl groups excluding tert-OH is 1. The molecule has 4 N–H and O–H groups in total. The van der Waals surface area contributed by atoms with Crippen molar-refractivity contribution >= 4 is 29.3 Å². The van der Waals surface area contributed by atoms with E-state index in [1.165, 1.54) is 0 Å². The molecule has 0 aliphatic heterocycles. The van der Waals surface area contributed by atoms with E-state index in [1.54, 1.807) is 30.5 Å². The van der Waals surface area contributed by atoms with Crippen LogP contribution in [0, 0.1) is 0 Å². The van der Waals surface area contributed by atoms with Crippen molar-refractivity contribution in [2.75, 3.05) is 11.1 Å². The Morgan fingerprint density at radius 3 is 2.66 bits per heavy atom. The van der Waals surface area contributed by atoms with Gasteiger partial charge >= 0.3 is 6.09 Å². The van der Waals surface area contributed by atoms with E-state index in [0.717, 1.165) is 39.1 Å². The van der Waals surface area contributed by atoms with E-state index in [9.17, 15) is 4.79 Å². The normalized spacial score (nSPS) is 14.1. The quantitative estimate of drug-likeness (QED) is 0.330. The molecule has 176 valence electrons. The minimum atomic E-state index is -0.644. The van der Waals surface area contributed by atoms with E-state index in [2.05, 4.69) is 21.4 Å². The summed E-state index contributed by atoms with van der Waals surface area (Å²) < 4.78 is 5.30. The van der Waals surface area contributed by atoms with Gasteiger partial charge in [0.15, 0.2) is 0 Å². The van der Waals surface area contributed by atoms with Gasteiger partial charge < -0.3 is 15.6 Å². The lowest BCUT2D eigenvalue weighted by atomic mass is 9.78. The van der Waals surface area contributed by atoms with Gasteiger partial charge in [0, 0.05) is 17.7 Å². The molecular formula is C27H23ClN4O3. The summed E-state index contributed by atoms with van der Waals surface area (Å²) in [5.41, 5.74) is 13.0. The van der Waals surface area contributed by atoms with Gasteiger partial charge in [-0.15, -0.1) is 0 Å². The van der Waals surface area contributed by atoms with Gasteiger partial charge in [-0.25, -0.2) is 14.8 Å². The number of amides is 1. The Bertz CT molecular complexity index is 1390. The van der Waals surface area contributed by atoms with Gasteiger partial charge in [0.05, 0.1) is 23.0 Å². The molecule has 4 aromatic rings. The van der Waals surface area contributed by atoms with Crippen molar-refractivity contribution in [3.63, 3.8) is 0 Å². The second kappa shape index (κ2) is 9.74. The first-order valence-electron chi connectivity index (χ1n) is 11.1. The summed E-state index contributed by atoms with van der Waals surface area (Å²) >= 11 is 6.30. The SMILES string of the molecule is Nc1ccc(C2Cc3cnc(NC(=O)OCc4ccc(CO)cc4)nc3-c3ccccc32)cc1Cl. The minimum Gasteiger partial charge on any atom is -0.444 e. The number of benzene rings is 3. The van der Waals surface area contributed by atoms with Crippen LogP contribution >= 0.6 is 11.6 Å². The molecule has 1 aromatic heterocycles. The smallest absolute Gasteiger partial charge is 0.414 e. The Kier molecular flexibility index (Phi) is 6.35. The number of nitrogen functional groups attached to an aromatic ring is 1. The van der Waals surface area contributed by atoms with Gasteiger partial charge in [0.2, 0.25) is 5.95 Å². The summed E-state index contributed by atoms with van der Waals surface area (Å²) in [6.07, 6.45) is 1.80. The lowest BCUT2D eigenvalue weighted by Crippen LogP contribution is -2.18. The van der Waals surface area contributed by atoms with E-state index < -0.39 is 6.09 Å². The second-order valence-electron chi connectivity index (χ2n) is 8.37. The molecule has 7 nitrogen and oxygen atoms in total. The Hall–Kier alpha value is -3.94. The lowest BCUT2D eigenvalue weighted by molar-refractivity contribution is 0.155. The molecule has 1 amide bonds. The van der Waals surface area contributed by atoms with Crippen molar-refractivity contribution in [1.29, 1.82) is 0 Å². The van der Waals surface area contributed by atoms with Crippen LogP contribution in [0.25, 0.3) is 11.3 Å². The zero-order valence-corrected chi connectivity index (χ0v) is 19.5. The Labute approximate surface area is 207 Å². The molecule has 1 aliphatic rings. The maximum absolute atomic E-state index is 12.3. The molecule has 8 heteroatoms. The standard InChI is InChI=1S/C27H23ClN4O3/c28-23-12-18(9-10-24(23)29)22-11-19-13-30-26(31-25(19)21-4-2-1-3-20(21)22)32-27(34)35-15-17-7-5-16(14-33)6-8-17/h1-10,12-13,22,33H,11,14-15,29H2,(H,30,31,32,34). The third-order valence-corrected chi connectivity index (χ3v) is 6.42. The van der Waals surface area contributed by atoms with Crippen LogP contribution in [0.5, 0.6) is 0 Å². The number of anilines is 2. The average molecular weight is 487 g/mol. The number of halogens is 1. The third kappa shape index (κ3) is 4.82. The van der Waals surface area contributed by atoms with Crippen molar-refractivity contribution in [3.05, 3.63) is 106 Å². The van der Waals surface area contributed by atoms with E-state index in [0.29, 0.717) is 17.1 Å². The van der Waals surface area contributed by atoms with E-state index in [1.807, 2.05) is 36.4 Å². The monoisotopic (exact) mass is 486 g/mol. The molecule has 0 saturated carbocycles. The van der Waals surface area contributed by atoms with Gasteiger partial charge in [0.1, 0.15) is 6.61 Å². The molecule has 5 rings (SSSR count). The molecule has 0 bridgehead atoms. The predicted octanol–water partition coefficient (Wildman–Crippen LogP) is 5.31. The number of carbonyl (C=O) groups excluding carboxylic acids is 1. The number of hydrogen-bond acceptors (Lipinski definition) is 6. The first-order valence-corrected chi connectivity index (χ1v) is 11.5. The number of nitrogens with two attached hydrogens (primary N) is 1. The van der Waals surface area contributed by atoms with E-state index in [4.69, 9.17) is 27.2 Å². The zero-order valence-electron chi connectivity index (χ0n) is 18.7. The molecule has 0 saturated heterocycles. The van der Waals surface area contributed by atoms with Crippen molar-refractivity contribution in [1.82, 2.24) is 9.97 Å². The number of aromatic nitrogens is 2. The first kappa shape index (κ1) is 22.8. The number of carbonyl (C=O) groups is 1. The molecule has 35 heavy (non-hydrogen) atoms. The van der Waals surface area contributed by atoms with Crippen LogP contribution in [0.15, 0.2) is 72.9 Å². The molecule has 1 heterocycles. The number of aliphatic hydroxyl groups is 1. The highest BCUT2D eigenvalue weighted by Crippen LogP contribution is 2.42. The summed E-state index contributed by atoms with van der Waals surface area (Å²) in [5, 5.41) is 12.3. The van der Waals surface area contributed by atoms with Crippen LogP contribution < -0.4 is 11.1 Å². The third-order valence-electron chi connectivity index (χ3n) is 6.10. The molecule has 3 aromatic carbocycles. The molecule has 0 spiro atoms. The topological polar surface area (TPSA) is 110 Å². The summed E-state index contributed by atoms with van der Waals surface area (Å²) in [5.74, 6) is 0.259. The first-order chi connectivity index (χ1) is 17.0. The van der Waals surface area contributed by atoms with Crippen LogP contribution in [-0.2, 0) is 24.4 Å². The molecule has 0 radical (unpaired) electrons. The Morgan fingerprint density at radius 1 is 1.11 bits per heavy atom. The number of nitrogens with zero attached hydrogens (tertiary/aromatic N) is 2. The van der Waals surface area contributed by atoms with Gasteiger partial charge in [-0.05, 0) is 46.4 Å².